The van der Waals surface area contributed by atoms with Crippen LogP contribution in [0.15, 0.2) is 53.6 Å². The third-order valence-electron chi connectivity index (χ3n) is 3.14. The Balaban J connectivity index is 1.80. The van der Waals surface area contributed by atoms with Gasteiger partial charge in [0.15, 0.2) is 9.84 Å². The summed E-state index contributed by atoms with van der Waals surface area (Å²) in [6, 6.07) is 12.1. The van der Waals surface area contributed by atoms with Gasteiger partial charge in [-0.2, -0.15) is 0 Å². The number of hydrogen-bond acceptors (Lipinski definition) is 5. The molecule has 1 amide bonds. The molecule has 23 heavy (non-hydrogen) atoms. The van der Waals surface area contributed by atoms with Crippen molar-refractivity contribution in [3.05, 3.63) is 54.2 Å². The lowest BCUT2D eigenvalue weighted by Gasteiger charge is -2.10. The Bertz CT molecular complexity index is 761. The quantitative estimate of drug-likeness (QED) is 0.753. The Morgan fingerprint density at radius 1 is 1.09 bits per heavy atom. The van der Waals surface area contributed by atoms with E-state index in [1.165, 1.54) is 12.3 Å². The van der Waals surface area contributed by atoms with Crippen LogP contribution in [0, 0.1) is 0 Å². The Labute approximate surface area is 135 Å². The summed E-state index contributed by atoms with van der Waals surface area (Å²) in [6.07, 6.45) is 3.34. The standard InChI is InChI=1S/C16H19N3O3S/c1-23(21,22)14-9-5-10-17-15(14)18-11-6-12-19-16(20)13-7-3-2-4-8-13/h2-5,7-10H,6,11-12H2,1H3,(H,17,18)(H,19,20). The summed E-state index contributed by atoms with van der Waals surface area (Å²) in [5.74, 6) is 0.213. The molecule has 0 bridgehead atoms. The van der Waals surface area contributed by atoms with Crippen molar-refractivity contribution < 1.29 is 13.2 Å². The lowest BCUT2D eigenvalue weighted by atomic mass is 10.2. The van der Waals surface area contributed by atoms with E-state index in [4.69, 9.17) is 0 Å². The normalized spacial score (nSPS) is 11.0. The predicted octanol–water partition coefficient (Wildman–Crippen LogP) is 1.72. The average molecular weight is 333 g/mol. The summed E-state index contributed by atoms with van der Waals surface area (Å²) in [6.45, 7) is 0.996. The van der Waals surface area contributed by atoms with Gasteiger partial charge in [0, 0.05) is 31.1 Å². The number of anilines is 1. The molecule has 122 valence electrons. The highest BCUT2D eigenvalue weighted by Crippen LogP contribution is 2.17. The average Bonchev–Trinajstić information content (AvgIpc) is 2.54. The SMILES string of the molecule is CS(=O)(=O)c1cccnc1NCCCNC(=O)c1ccccc1. The molecule has 2 rings (SSSR count). The number of pyridine rings is 1. The number of rotatable bonds is 7. The number of hydrogen-bond donors (Lipinski definition) is 2. The Morgan fingerprint density at radius 3 is 2.52 bits per heavy atom. The molecular weight excluding hydrogens is 314 g/mol. The molecule has 6 nitrogen and oxygen atoms in total. The maximum Gasteiger partial charge on any atom is 0.251 e. The number of nitrogens with zero attached hydrogens (tertiary/aromatic N) is 1. The second-order valence-corrected chi connectivity index (χ2v) is 7.01. The molecule has 0 fully saturated rings. The molecule has 1 heterocycles. The fraction of sp³-hybridized carbons (Fsp3) is 0.250. The van der Waals surface area contributed by atoms with E-state index in [1.807, 2.05) is 18.2 Å². The third-order valence-corrected chi connectivity index (χ3v) is 4.27. The molecular formula is C16H19N3O3S. The van der Waals surface area contributed by atoms with E-state index >= 15 is 0 Å². The monoisotopic (exact) mass is 333 g/mol. The summed E-state index contributed by atoms with van der Waals surface area (Å²) < 4.78 is 23.3. The summed E-state index contributed by atoms with van der Waals surface area (Å²) in [5.41, 5.74) is 0.615. The Hall–Kier alpha value is -2.41. The van der Waals surface area contributed by atoms with Gasteiger partial charge in [0.25, 0.3) is 5.91 Å². The zero-order chi connectivity index (χ0) is 16.7. The van der Waals surface area contributed by atoms with E-state index in [0.717, 1.165) is 6.26 Å². The minimum atomic E-state index is -3.32. The number of aromatic nitrogens is 1. The highest BCUT2D eigenvalue weighted by atomic mass is 32.2. The van der Waals surface area contributed by atoms with Crippen LogP contribution in [0.5, 0.6) is 0 Å². The molecule has 1 aromatic heterocycles. The van der Waals surface area contributed by atoms with Crippen molar-refractivity contribution in [2.45, 2.75) is 11.3 Å². The number of amides is 1. The smallest absolute Gasteiger partial charge is 0.251 e. The van der Waals surface area contributed by atoms with Crippen molar-refractivity contribution in [1.29, 1.82) is 0 Å². The van der Waals surface area contributed by atoms with Crippen molar-refractivity contribution in [1.82, 2.24) is 10.3 Å². The predicted molar refractivity (Wildman–Crippen MR) is 89.2 cm³/mol. The first-order chi connectivity index (χ1) is 11.0. The first-order valence-electron chi connectivity index (χ1n) is 7.20. The largest absolute Gasteiger partial charge is 0.369 e. The van der Waals surface area contributed by atoms with Crippen molar-refractivity contribution >= 4 is 21.6 Å². The van der Waals surface area contributed by atoms with Crippen molar-refractivity contribution in [3.63, 3.8) is 0 Å². The Morgan fingerprint density at radius 2 is 1.83 bits per heavy atom. The number of sulfone groups is 1. The second kappa shape index (κ2) is 7.73. The molecule has 2 N–H and O–H groups in total. The molecule has 0 aliphatic rings. The first kappa shape index (κ1) is 17.0. The van der Waals surface area contributed by atoms with Crippen molar-refractivity contribution in [3.8, 4) is 0 Å². The molecule has 0 saturated heterocycles. The van der Waals surface area contributed by atoms with Gasteiger partial charge in [0.1, 0.15) is 10.7 Å². The van der Waals surface area contributed by atoms with Gasteiger partial charge >= 0.3 is 0 Å². The summed E-state index contributed by atoms with van der Waals surface area (Å²) in [7, 11) is -3.32. The van der Waals surface area contributed by atoms with Gasteiger partial charge in [-0.05, 0) is 30.7 Å². The molecule has 0 saturated carbocycles. The fourth-order valence-electron chi connectivity index (χ4n) is 2.01. The van der Waals surface area contributed by atoms with Gasteiger partial charge in [-0.15, -0.1) is 0 Å². The second-order valence-electron chi connectivity index (χ2n) is 5.02. The van der Waals surface area contributed by atoms with Gasteiger partial charge in [-0.3, -0.25) is 4.79 Å². The number of carbonyl (C=O) groups excluding carboxylic acids is 1. The van der Waals surface area contributed by atoms with Crippen molar-refractivity contribution in [2.75, 3.05) is 24.7 Å². The van der Waals surface area contributed by atoms with Crippen LogP contribution in [0.2, 0.25) is 0 Å². The van der Waals surface area contributed by atoms with E-state index < -0.39 is 9.84 Å². The van der Waals surface area contributed by atoms with E-state index in [2.05, 4.69) is 15.6 Å². The van der Waals surface area contributed by atoms with Gasteiger partial charge in [0.05, 0.1) is 0 Å². The van der Waals surface area contributed by atoms with Gasteiger partial charge in [0.2, 0.25) is 0 Å². The van der Waals surface area contributed by atoms with Crippen LogP contribution in [0.3, 0.4) is 0 Å². The maximum atomic E-state index is 11.8. The molecule has 0 radical (unpaired) electrons. The molecule has 7 heteroatoms. The number of nitrogens with one attached hydrogen (secondary N) is 2. The molecule has 0 unspecified atom stereocenters. The van der Waals surface area contributed by atoms with E-state index in [0.29, 0.717) is 30.9 Å². The fourth-order valence-corrected chi connectivity index (χ4v) is 2.81. The molecule has 0 atom stereocenters. The summed E-state index contributed by atoms with van der Waals surface area (Å²) >= 11 is 0. The van der Waals surface area contributed by atoms with Crippen LogP contribution in [-0.2, 0) is 9.84 Å². The molecule has 0 aliphatic heterocycles. The first-order valence-corrected chi connectivity index (χ1v) is 9.10. The van der Waals surface area contributed by atoms with Crippen LogP contribution in [0.25, 0.3) is 0 Å². The molecule has 0 spiro atoms. The van der Waals surface area contributed by atoms with Crippen LogP contribution in [0.1, 0.15) is 16.8 Å². The zero-order valence-corrected chi connectivity index (χ0v) is 13.6. The molecule has 1 aromatic carbocycles. The highest BCUT2D eigenvalue weighted by molar-refractivity contribution is 7.90. The van der Waals surface area contributed by atoms with Crippen molar-refractivity contribution in [2.24, 2.45) is 0 Å². The Kier molecular flexibility index (Phi) is 5.70. The number of carbonyl (C=O) groups is 1. The minimum absolute atomic E-state index is 0.125. The van der Waals surface area contributed by atoms with Crippen LogP contribution < -0.4 is 10.6 Å². The lowest BCUT2D eigenvalue weighted by molar-refractivity contribution is 0.0953. The highest BCUT2D eigenvalue weighted by Gasteiger charge is 2.13. The van der Waals surface area contributed by atoms with Crippen LogP contribution >= 0.6 is 0 Å². The van der Waals surface area contributed by atoms with Crippen LogP contribution in [0.4, 0.5) is 5.82 Å². The van der Waals surface area contributed by atoms with E-state index in [9.17, 15) is 13.2 Å². The zero-order valence-electron chi connectivity index (χ0n) is 12.8. The topological polar surface area (TPSA) is 88.2 Å². The maximum absolute atomic E-state index is 11.8. The van der Waals surface area contributed by atoms with E-state index in [1.54, 1.807) is 18.2 Å². The van der Waals surface area contributed by atoms with Gasteiger partial charge in [-0.1, -0.05) is 18.2 Å². The molecule has 0 aliphatic carbocycles. The van der Waals surface area contributed by atoms with Gasteiger partial charge < -0.3 is 10.6 Å². The summed E-state index contributed by atoms with van der Waals surface area (Å²) in [5, 5.41) is 5.80. The minimum Gasteiger partial charge on any atom is -0.369 e. The summed E-state index contributed by atoms with van der Waals surface area (Å²) in [4.78, 5) is 16.1. The van der Waals surface area contributed by atoms with Crippen LogP contribution in [-0.4, -0.2) is 38.7 Å². The molecule has 2 aromatic rings. The van der Waals surface area contributed by atoms with Gasteiger partial charge in [-0.25, -0.2) is 13.4 Å². The lowest BCUT2D eigenvalue weighted by Crippen LogP contribution is -2.25. The van der Waals surface area contributed by atoms with E-state index in [-0.39, 0.29) is 10.8 Å². The third kappa shape index (κ3) is 5.07. The number of benzene rings is 1.